The molecule has 0 atom stereocenters. The largest absolute Gasteiger partial charge is 0.508 e. The predicted octanol–water partition coefficient (Wildman–Crippen LogP) is 5.45. The molecule has 0 unspecified atom stereocenters. The van der Waals surface area contributed by atoms with E-state index in [0.717, 1.165) is 5.56 Å². The second-order valence-electron chi connectivity index (χ2n) is 5.24. The van der Waals surface area contributed by atoms with E-state index in [9.17, 15) is 5.11 Å². The van der Waals surface area contributed by atoms with Gasteiger partial charge >= 0.3 is 0 Å². The Morgan fingerprint density at radius 1 is 0.682 bits per heavy atom. The molecule has 0 aliphatic carbocycles. The molecule has 0 spiro atoms. The smallest absolute Gasteiger partial charge is 0.115 e. The molecule has 1 aliphatic heterocycles. The molecule has 0 saturated heterocycles. The molecule has 0 amide bonds. The Bertz CT molecular complexity index is 815. The third-order valence-corrected chi connectivity index (χ3v) is 4.93. The lowest BCUT2D eigenvalue weighted by Gasteiger charge is -2.22. The summed E-state index contributed by atoms with van der Waals surface area (Å²) in [6.45, 7) is 0. The molecule has 2 heteroatoms. The van der Waals surface area contributed by atoms with E-state index in [0.29, 0.717) is 5.75 Å². The average molecular weight is 302 g/mol. The number of phenols is 1. The van der Waals surface area contributed by atoms with Gasteiger partial charge in [0.15, 0.2) is 0 Å². The maximum Gasteiger partial charge on any atom is 0.115 e. The molecule has 0 radical (unpaired) electrons. The summed E-state index contributed by atoms with van der Waals surface area (Å²) in [5.74, 6) is 0.294. The summed E-state index contributed by atoms with van der Waals surface area (Å²) < 4.78 is 0. The highest BCUT2D eigenvalue weighted by Crippen LogP contribution is 2.45. The van der Waals surface area contributed by atoms with Gasteiger partial charge in [0.2, 0.25) is 0 Å². The van der Waals surface area contributed by atoms with Gasteiger partial charge in [0.1, 0.15) is 5.75 Å². The SMILES string of the molecule is Oc1ccc(C=C2c3ccccc3Sc3ccccc32)cc1. The van der Waals surface area contributed by atoms with Gasteiger partial charge in [0.05, 0.1) is 0 Å². The van der Waals surface area contributed by atoms with Crippen molar-refractivity contribution >= 4 is 23.4 Å². The normalized spacial score (nSPS) is 12.5. The van der Waals surface area contributed by atoms with Crippen LogP contribution >= 0.6 is 11.8 Å². The number of hydrogen-bond acceptors (Lipinski definition) is 2. The first-order chi connectivity index (χ1) is 10.8. The standard InChI is InChI=1S/C20H14OS/c21-15-11-9-14(10-12-15)13-18-16-5-1-3-7-19(16)22-20-8-4-2-6-17(18)20/h1-13,21H. The number of aromatic hydroxyl groups is 1. The van der Waals surface area contributed by atoms with Crippen LogP contribution in [0.15, 0.2) is 82.6 Å². The molecule has 22 heavy (non-hydrogen) atoms. The van der Waals surface area contributed by atoms with E-state index in [1.54, 1.807) is 12.1 Å². The Labute approximate surface area is 133 Å². The summed E-state index contributed by atoms with van der Waals surface area (Å²) in [5.41, 5.74) is 4.85. The van der Waals surface area contributed by atoms with Crippen molar-refractivity contribution < 1.29 is 5.11 Å². The molecule has 0 aromatic heterocycles. The number of hydrogen-bond donors (Lipinski definition) is 1. The van der Waals surface area contributed by atoms with Crippen LogP contribution in [0.3, 0.4) is 0 Å². The van der Waals surface area contributed by atoms with Crippen LogP contribution in [0.2, 0.25) is 0 Å². The van der Waals surface area contributed by atoms with Crippen LogP contribution in [0.25, 0.3) is 11.6 Å². The van der Waals surface area contributed by atoms with Crippen molar-refractivity contribution in [3.8, 4) is 5.75 Å². The van der Waals surface area contributed by atoms with Crippen LogP contribution in [0.5, 0.6) is 5.75 Å². The Morgan fingerprint density at radius 3 is 1.82 bits per heavy atom. The van der Waals surface area contributed by atoms with Crippen LogP contribution in [-0.2, 0) is 0 Å². The Kier molecular flexibility index (Phi) is 3.24. The minimum atomic E-state index is 0.294. The highest BCUT2D eigenvalue weighted by atomic mass is 32.2. The molecule has 1 N–H and O–H groups in total. The van der Waals surface area contributed by atoms with E-state index in [-0.39, 0.29) is 0 Å². The maximum atomic E-state index is 9.45. The van der Waals surface area contributed by atoms with Gasteiger partial charge in [0, 0.05) is 9.79 Å². The van der Waals surface area contributed by atoms with E-state index in [4.69, 9.17) is 0 Å². The lowest BCUT2D eigenvalue weighted by molar-refractivity contribution is 0.475. The Morgan fingerprint density at radius 2 is 1.23 bits per heavy atom. The fourth-order valence-electron chi connectivity index (χ4n) is 2.71. The second-order valence-corrected chi connectivity index (χ2v) is 6.33. The summed E-state index contributed by atoms with van der Waals surface area (Å²) in [6.07, 6.45) is 2.19. The zero-order valence-corrected chi connectivity index (χ0v) is 12.7. The number of fused-ring (bicyclic) bond motifs is 2. The first-order valence-corrected chi connectivity index (χ1v) is 8.00. The molecular formula is C20H14OS. The summed E-state index contributed by atoms with van der Waals surface area (Å²) in [6, 6.07) is 24.3. The van der Waals surface area contributed by atoms with E-state index in [1.807, 2.05) is 23.9 Å². The van der Waals surface area contributed by atoms with E-state index < -0.39 is 0 Å². The topological polar surface area (TPSA) is 20.2 Å². The fraction of sp³-hybridized carbons (Fsp3) is 0. The van der Waals surface area contributed by atoms with Crippen molar-refractivity contribution in [3.05, 3.63) is 89.5 Å². The molecule has 0 fully saturated rings. The molecular weight excluding hydrogens is 288 g/mol. The highest BCUT2D eigenvalue weighted by Gasteiger charge is 2.19. The molecule has 0 bridgehead atoms. The van der Waals surface area contributed by atoms with Crippen LogP contribution in [0.4, 0.5) is 0 Å². The van der Waals surface area contributed by atoms with Crippen molar-refractivity contribution in [1.82, 2.24) is 0 Å². The fourth-order valence-corrected chi connectivity index (χ4v) is 3.82. The van der Waals surface area contributed by atoms with Crippen molar-refractivity contribution in [3.63, 3.8) is 0 Å². The van der Waals surface area contributed by atoms with Gasteiger partial charge in [-0.2, -0.15) is 0 Å². The molecule has 1 aliphatic rings. The van der Waals surface area contributed by atoms with Crippen molar-refractivity contribution in [2.75, 3.05) is 0 Å². The minimum absolute atomic E-state index is 0.294. The van der Waals surface area contributed by atoms with E-state index >= 15 is 0 Å². The highest BCUT2D eigenvalue weighted by molar-refractivity contribution is 7.99. The number of rotatable bonds is 1. The quantitative estimate of drug-likeness (QED) is 0.505. The van der Waals surface area contributed by atoms with Crippen molar-refractivity contribution in [1.29, 1.82) is 0 Å². The molecule has 3 aromatic rings. The van der Waals surface area contributed by atoms with Crippen molar-refractivity contribution in [2.45, 2.75) is 9.79 Å². The summed E-state index contributed by atoms with van der Waals surface area (Å²) >= 11 is 1.82. The average Bonchev–Trinajstić information content (AvgIpc) is 2.56. The van der Waals surface area contributed by atoms with Crippen LogP contribution < -0.4 is 0 Å². The monoisotopic (exact) mass is 302 g/mol. The maximum absolute atomic E-state index is 9.45. The van der Waals surface area contributed by atoms with Gasteiger partial charge in [-0.1, -0.05) is 60.3 Å². The summed E-state index contributed by atoms with van der Waals surface area (Å²) in [5, 5.41) is 9.45. The molecule has 0 saturated carbocycles. The first kappa shape index (κ1) is 13.2. The third kappa shape index (κ3) is 2.32. The molecule has 3 aromatic carbocycles. The van der Waals surface area contributed by atoms with Gasteiger partial charge < -0.3 is 5.11 Å². The van der Waals surface area contributed by atoms with Gasteiger partial charge in [-0.05, 0) is 52.6 Å². The van der Waals surface area contributed by atoms with Gasteiger partial charge in [0.25, 0.3) is 0 Å². The van der Waals surface area contributed by atoms with Gasteiger partial charge in [-0.25, -0.2) is 0 Å². The predicted molar refractivity (Wildman–Crippen MR) is 92.1 cm³/mol. The minimum Gasteiger partial charge on any atom is -0.508 e. The zero-order valence-electron chi connectivity index (χ0n) is 11.9. The van der Waals surface area contributed by atoms with Crippen LogP contribution in [0, 0.1) is 0 Å². The Balaban J connectivity index is 1.93. The molecule has 106 valence electrons. The Hall–Kier alpha value is -2.45. The van der Waals surface area contributed by atoms with Gasteiger partial charge in [-0.3, -0.25) is 0 Å². The summed E-state index contributed by atoms with van der Waals surface area (Å²) in [4.78, 5) is 2.57. The van der Waals surface area contributed by atoms with Crippen molar-refractivity contribution in [2.24, 2.45) is 0 Å². The lowest BCUT2D eigenvalue weighted by Crippen LogP contribution is -1.98. The second kappa shape index (κ2) is 5.39. The molecule has 4 rings (SSSR count). The van der Waals surface area contributed by atoms with Crippen LogP contribution in [0.1, 0.15) is 16.7 Å². The summed E-state index contributed by atoms with van der Waals surface area (Å²) in [7, 11) is 0. The number of benzene rings is 3. The van der Waals surface area contributed by atoms with Crippen LogP contribution in [-0.4, -0.2) is 5.11 Å². The molecule has 1 heterocycles. The first-order valence-electron chi connectivity index (χ1n) is 7.19. The zero-order chi connectivity index (χ0) is 14.9. The number of phenolic OH excluding ortho intramolecular Hbond substituents is 1. The van der Waals surface area contributed by atoms with E-state index in [1.165, 1.54) is 26.5 Å². The van der Waals surface area contributed by atoms with E-state index in [2.05, 4.69) is 54.6 Å². The molecule has 1 nitrogen and oxygen atoms in total. The lowest BCUT2D eigenvalue weighted by atomic mass is 9.95. The third-order valence-electron chi connectivity index (χ3n) is 3.78. The van der Waals surface area contributed by atoms with Gasteiger partial charge in [-0.15, -0.1) is 0 Å².